The fraction of sp³-hybridized carbons (Fsp3) is 0.133. The Morgan fingerprint density at radius 2 is 2.05 bits per heavy atom. The van der Waals surface area contributed by atoms with Gasteiger partial charge in [0, 0.05) is 12.1 Å². The molecule has 1 heterocycles. The fourth-order valence-electron chi connectivity index (χ4n) is 2.19. The van der Waals surface area contributed by atoms with E-state index in [1.54, 1.807) is 25.3 Å². The Bertz CT molecular complexity index is 903. The molecule has 2 N–H and O–H groups in total. The van der Waals surface area contributed by atoms with Gasteiger partial charge in [0.1, 0.15) is 5.75 Å². The highest BCUT2D eigenvalue weighted by Gasteiger charge is 2.15. The Morgan fingerprint density at radius 3 is 2.86 bits per heavy atom. The summed E-state index contributed by atoms with van der Waals surface area (Å²) in [5.41, 5.74) is 2.18. The van der Waals surface area contributed by atoms with Crippen molar-refractivity contribution in [1.82, 2.24) is 14.7 Å². The third-order valence-corrected chi connectivity index (χ3v) is 4.75. The number of benzene rings is 2. The van der Waals surface area contributed by atoms with Crippen LogP contribution in [-0.2, 0) is 16.6 Å². The number of H-pyrrole nitrogens is 1. The number of imidazole rings is 1. The highest BCUT2D eigenvalue weighted by molar-refractivity contribution is 7.89. The molecule has 0 atom stereocenters. The highest BCUT2D eigenvalue weighted by atomic mass is 32.2. The Morgan fingerprint density at radius 1 is 1.23 bits per heavy atom. The smallest absolute Gasteiger partial charge is 0.240 e. The summed E-state index contributed by atoms with van der Waals surface area (Å²) in [6.07, 6.45) is 1.53. The van der Waals surface area contributed by atoms with E-state index in [1.165, 1.54) is 12.4 Å². The number of rotatable bonds is 5. The molecule has 6 nitrogen and oxygen atoms in total. The standard InChI is InChI=1S/C15H15N3O3S/c1-21-15-5-3-2-4-11(15)9-18-22(19,20)12-6-7-13-14(8-12)17-10-16-13/h2-8,10,18H,9H2,1H3,(H,16,17). The first-order chi connectivity index (χ1) is 10.6. The predicted octanol–water partition coefficient (Wildman–Crippen LogP) is 2.05. The van der Waals surface area contributed by atoms with Crippen LogP contribution in [0, 0.1) is 0 Å². The van der Waals surface area contributed by atoms with Gasteiger partial charge in [-0.05, 0) is 24.3 Å². The number of aromatic amines is 1. The summed E-state index contributed by atoms with van der Waals surface area (Å²) < 4.78 is 32.6. The Balaban J connectivity index is 1.84. The van der Waals surface area contributed by atoms with E-state index in [1.807, 2.05) is 18.2 Å². The van der Waals surface area contributed by atoms with Gasteiger partial charge in [0.25, 0.3) is 0 Å². The number of aromatic nitrogens is 2. The fourth-order valence-corrected chi connectivity index (χ4v) is 3.22. The van der Waals surface area contributed by atoms with Gasteiger partial charge in [0.2, 0.25) is 10.0 Å². The second-order valence-electron chi connectivity index (χ2n) is 4.72. The monoisotopic (exact) mass is 317 g/mol. The van der Waals surface area contributed by atoms with Gasteiger partial charge in [0.05, 0.1) is 29.4 Å². The van der Waals surface area contributed by atoms with Crippen molar-refractivity contribution in [3.63, 3.8) is 0 Å². The van der Waals surface area contributed by atoms with Crippen LogP contribution in [0.5, 0.6) is 5.75 Å². The van der Waals surface area contributed by atoms with E-state index in [2.05, 4.69) is 14.7 Å². The first-order valence-electron chi connectivity index (χ1n) is 6.65. The normalized spacial score (nSPS) is 11.7. The van der Waals surface area contributed by atoms with Crippen molar-refractivity contribution in [2.45, 2.75) is 11.4 Å². The van der Waals surface area contributed by atoms with Gasteiger partial charge < -0.3 is 9.72 Å². The molecule has 0 spiro atoms. The molecule has 7 heteroatoms. The lowest BCUT2D eigenvalue weighted by Crippen LogP contribution is -2.23. The molecule has 0 aliphatic rings. The second-order valence-corrected chi connectivity index (χ2v) is 6.48. The van der Waals surface area contributed by atoms with Crippen LogP contribution in [0.4, 0.5) is 0 Å². The molecule has 0 fully saturated rings. The molecule has 0 bridgehead atoms. The minimum absolute atomic E-state index is 0.160. The molecule has 0 radical (unpaired) electrons. The third kappa shape index (κ3) is 2.81. The number of ether oxygens (including phenoxy) is 1. The summed E-state index contributed by atoms with van der Waals surface area (Å²) >= 11 is 0. The molecule has 22 heavy (non-hydrogen) atoms. The number of para-hydroxylation sites is 1. The minimum atomic E-state index is -3.61. The van der Waals surface area contributed by atoms with Crippen molar-refractivity contribution < 1.29 is 13.2 Å². The zero-order valence-corrected chi connectivity index (χ0v) is 12.7. The SMILES string of the molecule is COc1ccccc1CNS(=O)(=O)c1ccc2nc[nH]c2c1. The van der Waals surface area contributed by atoms with Crippen molar-refractivity contribution in [1.29, 1.82) is 0 Å². The third-order valence-electron chi connectivity index (χ3n) is 3.35. The van der Waals surface area contributed by atoms with Gasteiger partial charge in [-0.2, -0.15) is 0 Å². The minimum Gasteiger partial charge on any atom is -0.496 e. The van der Waals surface area contributed by atoms with E-state index in [9.17, 15) is 8.42 Å². The molecule has 0 amide bonds. The molecule has 2 aromatic carbocycles. The number of methoxy groups -OCH3 is 1. The van der Waals surface area contributed by atoms with Gasteiger partial charge in [-0.15, -0.1) is 0 Å². The maximum absolute atomic E-state index is 12.4. The summed E-state index contributed by atoms with van der Waals surface area (Å²) in [7, 11) is -2.05. The van der Waals surface area contributed by atoms with Crippen LogP contribution >= 0.6 is 0 Å². The second kappa shape index (κ2) is 5.78. The average molecular weight is 317 g/mol. The van der Waals surface area contributed by atoms with Gasteiger partial charge in [-0.25, -0.2) is 18.1 Å². The molecule has 0 aliphatic carbocycles. The Kier molecular flexibility index (Phi) is 3.82. The molecule has 0 saturated heterocycles. The van der Waals surface area contributed by atoms with Crippen molar-refractivity contribution in [3.8, 4) is 5.75 Å². The van der Waals surface area contributed by atoms with Crippen LogP contribution in [0.25, 0.3) is 11.0 Å². The van der Waals surface area contributed by atoms with Crippen LogP contribution in [0.1, 0.15) is 5.56 Å². The zero-order valence-electron chi connectivity index (χ0n) is 11.9. The van der Waals surface area contributed by atoms with E-state index in [4.69, 9.17) is 4.74 Å². The van der Waals surface area contributed by atoms with Gasteiger partial charge in [0.15, 0.2) is 0 Å². The molecule has 0 unspecified atom stereocenters. The first-order valence-corrected chi connectivity index (χ1v) is 8.13. The van der Waals surface area contributed by atoms with Gasteiger partial charge in [-0.3, -0.25) is 0 Å². The van der Waals surface area contributed by atoms with Gasteiger partial charge >= 0.3 is 0 Å². The molecule has 1 aromatic heterocycles. The lowest BCUT2D eigenvalue weighted by Gasteiger charge is -2.10. The molecular weight excluding hydrogens is 302 g/mol. The summed E-state index contributed by atoms with van der Waals surface area (Å²) in [4.78, 5) is 7.17. The van der Waals surface area contributed by atoms with Crippen LogP contribution in [0.15, 0.2) is 53.7 Å². The van der Waals surface area contributed by atoms with E-state index >= 15 is 0 Å². The Labute approximate surface area is 128 Å². The number of hydrogen-bond donors (Lipinski definition) is 2. The number of nitrogens with zero attached hydrogens (tertiary/aromatic N) is 1. The van der Waals surface area contributed by atoms with E-state index in [-0.39, 0.29) is 11.4 Å². The molecule has 3 aromatic rings. The molecule has 114 valence electrons. The van der Waals surface area contributed by atoms with Crippen LogP contribution < -0.4 is 9.46 Å². The topological polar surface area (TPSA) is 84.1 Å². The lowest BCUT2D eigenvalue weighted by atomic mass is 10.2. The van der Waals surface area contributed by atoms with Crippen LogP contribution in [0.3, 0.4) is 0 Å². The van der Waals surface area contributed by atoms with Crippen molar-refractivity contribution in [3.05, 3.63) is 54.4 Å². The van der Waals surface area contributed by atoms with Crippen LogP contribution in [-0.4, -0.2) is 25.5 Å². The molecule has 3 rings (SSSR count). The van der Waals surface area contributed by atoms with Crippen molar-refractivity contribution >= 4 is 21.1 Å². The summed E-state index contributed by atoms with van der Waals surface area (Å²) in [6, 6.07) is 12.1. The molecule has 0 aliphatic heterocycles. The Hall–Kier alpha value is -2.38. The maximum atomic E-state index is 12.4. The summed E-state index contributed by atoms with van der Waals surface area (Å²) in [5, 5.41) is 0. The van der Waals surface area contributed by atoms with Crippen molar-refractivity contribution in [2.75, 3.05) is 7.11 Å². The molecule has 0 saturated carbocycles. The van der Waals surface area contributed by atoms with Crippen LogP contribution in [0.2, 0.25) is 0 Å². The first kappa shape index (κ1) is 14.6. The number of hydrogen-bond acceptors (Lipinski definition) is 4. The largest absolute Gasteiger partial charge is 0.496 e. The zero-order chi connectivity index (χ0) is 15.6. The summed E-state index contributed by atoms with van der Waals surface area (Å²) in [5.74, 6) is 0.647. The highest BCUT2D eigenvalue weighted by Crippen LogP contribution is 2.19. The maximum Gasteiger partial charge on any atom is 0.240 e. The van der Waals surface area contributed by atoms with E-state index < -0.39 is 10.0 Å². The molecular formula is C15H15N3O3S. The lowest BCUT2D eigenvalue weighted by molar-refractivity contribution is 0.409. The van der Waals surface area contributed by atoms with E-state index in [0.717, 1.165) is 11.1 Å². The predicted molar refractivity (Wildman–Crippen MR) is 83.1 cm³/mol. The summed E-state index contributed by atoms with van der Waals surface area (Å²) in [6.45, 7) is 0.160. The quantitative estimate of drug-likeness (QED) is 0.754. The number of fused-ring (bicyclic) bond motifs is 1. The number of sulfonamides is 1. The van der Waals surface area contributed by atoms with Crippen molar-refractivity contribution in [2.24, 2.45) is 0 Å². The average Bonchev–Trinajstić information content (AvgIpc) is 3.01. The number of nitrogens with one attached hydrogen (secondary N) is 2. The van der Waals surface area contributed by atoms with Gasteiger partial charge in [-0.1, -0.05) is 18.2 Å². The van der Waals surface area contributed by atoms with E-state index in [0.29, 0.717) is 11.3 Å².